The molecule has 0 aliphatic heterocycles. The summed E-state index contributed by atoms with van der Waals surface area (Å²) in [6.07, 6.45) is 5.76. The largest absolute Gasteiger partial charge is 0.314 e. The Morgan fingerprint density at radius 1 is 1.41 bits per heavy atom. The van der Waals surface area contributed by atoms with Crippen LogP contribution >= 0.6 is 11.3 Å². The molecule has 2 atom stereocenters. The molecule has 0 aromatic carbocycles. The molecular weight excluding hydrogens is 226 g/mol. The zero-order valence-corrected chi connectivity index (χ0v) is 11.7. The maximum atomic E-state index is 3.69. The van der Waals surface area contributed by atoms with Crippen molar-refractivity contribution in [1.82, 2.24) is 5.32 Å². The highest BCUT2D eigenvalue weighted by molar-refractivity contribution is 7.09. The maximum absolute atomic E-state index is 3.69. The van der Waals surface area contributed by atoms with Gasteiger partial charge >= 0.3 is 0 Å². The van der Waals surface area contributed by atoms with Crippen LogP contribution in [0.2, 0.25) is 0 Å². The molecule has 2 saturated carbocycles. The van der Waals surface area contributed by atoms with Crippen LogP contribution in [0.4, 0.5) is 0 Å². The van der Waals surface area contributed by atoms with Gasteiger partial charge in [0.2, 0.25) is 0 Å². The normalized spacial score (nSPS) is 35.2. The van der Waals surface area contributed by atoms with Gasteiger partial charge in [-0.15, -0.1) is 11.3 Å². The Morgan fingerprint density at radius 2 is 2.18 bits per heavy atom. The van der Waals surface area contributed by atoms with Crippen molar-refractivity contribution in [3.8, 4) is 0 Å². The van der Waals surface area contributed by atoms with Crippen molar-refractivity contribution in [1.29, 1.82) is 0 Å². The number of nitrogens with one attached hydrogen (secondary N) is 1. The fourth-order valence-electron chi connectivity index (χ4n) is 3.56. The number of hydrogen-bond donors (Lipinski definition) is 1. The Kier molecular flexibility index (Phi) is 3.04. The van der Waals surface area contributed by atoms with Gasteiger partial charge in [0.15, 0.2) is 0 Å². The van der Waals surface area contributed by atoms with E-state index in [-0.39, 0.29) is 0 Å². The molecule has 17 heavy (non-hydrogen) atoms. The lowest BCUT2D eigenvalue weighted by molar-refractivity contribution is 0.243. The molecule has 1 nitrogen and oxygen atoms in total. The smallest absolute Gasteiger partial charge is 0.00512 e. The van der Waals surface area contributed by atoms with Gasteiger partial charge in [-0.25, -0.2) is 0 Å². The summed E-state index contributed by atoms with van der Waals surface area (Å²) in [7, 11) is 0. The van der Waals surface area contributed by atoms with Gasteiger partial charge in [0.25, 0.3) is 0 Å². The Bertz CT molecular complexity index is 358. The van der Waals surface area contributed by atoms with Crippen molar-refractivity contribution in [2.24, 2.45) is 17.3 Å². The topological polar surface area (TPSA) is 12.0 Å². The molecule has 0 saturated heterocycles. The molecule has 2 unspecified atom stereocenters. The Morgan fingerprint density at radius 3 is 2.76 bits per heavy atom. The molecule has 1 N–H and O–H groups in total. The van der Waals surface area contributed by atoms with Crippen LogP contribution in [-0.4, -0.2) is 12.6 Å². The molecule has 2 aliphatic carbocycles. The third kappa shape index (κ3) is 2.58. The van der Waals surface area contributed by atoms with Crippen LogP contribution < -0.4 is 5.32 Å². The molecule has 3 rings (SSSR count). The van der Waals surface area contributed by atoms with Crippen LogP contribution in [0.15, 0.2) is 17.5 Å². The highest BCUT2D eigenvalue weighted by Crippen LogP contribution is 2.60. The van der Waals surface area contributed by atoms with E-state index in [9.17, 15) is 0 Å². The molecular formula is C15H23NS. The molecule has 2 aliphatic rings. The minimum atomic E-state index is 0.572. The molecule has 2 heteroatoms. The van der Waals surface area contributed by atoms with E-state index in [1.807, 2.05) is 11.3 Å². The van der Waals surface area contributed by atoms with Gasteiger partial charge in [0, 0.05) is 17.5 Å². The van der Waals surface area contributed by atoms with E-state index in [2.05, 4.69) is 36.7 Å². The van der Waals surface area contributed by atoms with Gasteiger partial charge in [-0.1, -0.05) is 19.9 Å². The minimum absolute atomic E-state index is 0.572. The van der Waals surface area contributed by atoms with E-state index < -0.39 is 0 Å². The van der Waals surface area contributed by atoms with Gasteiger partial charge in [0.05, 0.1) is 0 Å². The first-order valence-electron chi connectivity index (χ1n) is 6.93. The second-order valence-corrected chi connectivity index (χ2v) is 7.49. The quantitative estimate of drug-likeness (QED) is 0.839. The van der Waals surface area contributed by atoms with Crippen molar-refractivity contribution in [3.63, 3.8) is 0 Å². The zero-order valence-electron chi connectivity index (χ0n) is 10.9. The number of fused-ring (bicyclic) bond motifs is 1. The van der Waals surface area contributed by atoms with E-state index in [4.69, 9.17) is 0 Å². The van der Waals surface area contributed by atoms with Gasteiger partial charge in [-0.3, -0.25) is 0 Å². The summed E-state index contributed by atoms with van der Waals surface area (Å²) < 4.78 is 0. The van der Waals surface area contributed by atoms with Crippen LogP contribution in [0.1, 0.15) is 38.0 Å². The first-order chi connectivity index (χ1) is 8.17. The lowest BCUT2D eigenvalue weighted by atomic mass is 9.79. The molecule has 0 amide bonds. The highest BCUT2D eigenvalue weighted by Gasteiger charge is 2.53. The van der Waals surface area contributed by atoms with Crippen LogP contribution in [0.25, 0.3) is 0 Å². The van der Waals surface area contributed by atoms with E-state index in [0.29, 0.717) is 11.5 Å². The van der Waals surface area contributed by atoms with E-state index in [0.717, 1.165) is 11.8 Å². The molecule has 2 fully saturated rings. The average Bonchev–Trinajstić information content (AvgIpc) is 2.73. The number of thiophene rings is 1. The van der Waals surface area contributed by atoms with Gasteiger partial charge < -0.3 is 5.32 Å². The third-order valence-electron chi connectivity index (χ3n) is 4.47. The average molecular weight is 249 g/mol. The lowest BCUT2D eigenvalue weighted by Gasteiger charge is -2.32. The van der Waals surface area contributed by atoms with Gasteiger partial charge in [-0.05, 0) is 54.4 Å². The molecule has 1 aromatic rings. The van der Waals surface area contributed by atoms with E-state index in [1.54, 1.807) is 4.88 Å². The van der Waals surface area contributed by atoms with Crippen molar-refractivity contribution in [2.45, 2.75) is 45.6 Å². The predicted molar refractivity (Wildman–Crippen MR) is 74.4 cm³/mol. The summed E-state index contributed by atoms with van der Waals surface area (Å²) in [5, 5.41) is 5.90. The van der Waals surface area contributed by atoms with Crippen LogP contribution in [-0.2, 0) is 6.42 Å². The number of hydrogen-bond acceptors (Lipinski definition) is 2. The fraction of sp³-hybridized carbons (Fsp3) is 0.733. The highest BCUT2D eigenvalue weighted by atomic mass is 32.1. The molecule has 94 valence electrons. The van der Waals surface area contributed by atoms with Crippen molar-refractivity contribution in [3.05, 3.63) is 22.4 Å². The monoisotopic (exact) mass is 249 g/mol. The summed E-state index contributed by atoms with van der Waals surface area (Å²) in [6, 6.07) is 5.12. The van der Waals surface area contributed by atoms with E-state index >= 15 is 0 Å². The third-order valence-corrected chi connectivity index (χ3v) is 5.35. The first kappa shape index (κ1) is 11.7. The van der Waals surface area contributed by atoms with Crippen LogP contribution in [0.3, 0.4) is 0 Å². The first-order valence-corrected chi connectivity index (χ1v) is 7.81. The van der Waals surface area contributed by atoms with Crippen LogP contribution in [0, 0.1) is 17.3 Å². The number of rotatable bonds is 5. The summed E-state index contributed by atoms with van der Waals surface area (Å²) in [6.45, 7) is 5.73. The summed E-state index contributed by atoms with van der Waals surface area (Å²) in [5.41, 5.74) is 0.572. The lowest BCUT2D eigenvalue weighted by Crippen LogP contribution is -2.38. The van der Waals surface area contributed by atoms with Crippen molar-refractivity contribution < 1.29 is 0 Å². The van der Waals surface area contributed by atoms with Crippen molar-refractivity contribution in [2.75, 3.05) is 6.54 Å². The Balaban J connectivity index is 1.68. The van der Waals surface area contributed by atoms with E-state index in [1.165, 1.54) is 32.2 Å². The molecule has 1 aromatic heterocycles. The predicted octanol–water partition coefficient (Wildman–Crippen LogP) is 3.70. The Hall–Kier alpha value is -0.340. The molecule has 0 spiro atoms. The van der Waals surface area contributed by atoms with Gasteiger partial charge in [-0.2, -0.15) is 0 Å². The summed E-state index contributed by atoms with van der Waals surface area (Å²) >= 11 is 1.93. The van der Waals surface area contributed by atoms with Crippen molar-refractivity contribution >= 4 is 11.3 Å². The Labute approximate surface area is 109 Å². The maximum Gasteiger partial charge on any atom is 0.00512 e. The van der Waals surface area contributed by atoms with Crippen LogP contribution in [0.5, 0.6) is 0 Å². The fourth-order valence-corrected chi connectivity index (χ4v) is 4.44. The molecule has 1 heterocycles. The summed E-state index contributed by atoms with van der Waals surface area (Å²) in [4.78, 5) is 1.58. The summed E-state index contributed by atoms with van der Waals surface area (Å²) in [5.74, 6) is 2.15. The second kappa shape index (κ2) is 4.40. The zero-order chi connectivity index (χ0) is 11.9. The second-order valence-electron chi connectivity index (χ2n) is 6.46. The molecule has 0 bridgehead atoms. The minimum Gasteiger partial charge on any atom is -0.314 e. The molecule has 0 radical (unpaired) electrons. The standard InChI is InChI=1S/C15H23NS/c1-11(2)16-10-15(7-12-6-13(12)8-15)9-14-4-3-5-17-14/h3-5,11-13,16H,6-10H2,1-2H3. The van der Waals surface area contributed by atoms with Gasteiger partial charge in [0.1, 0.15) is 0 Å². The SMILES string of the molecule is CC(C)NCC1(Cc2cccs2)CC2CC2C1.